The molecule has 7 atom stereocenters. The number of aliphatic carboxylic acids is 1. The average molecular weight is 758 g/mol. The first-order chi connectivity index (χ1) is 25.0. The molecule has 1 fully saturated rings. The molecule has 1 aromatic carbocycles. The van der Waals surface area contributed by atoms with E-state index in [0.717, 1.165) is 42.7 Å². The standard InChI is InChI=1S/C38H59N7O7S/c1-8-23(4)32(43-34(47)29-11-9-10-18-44(29)6)36(48)45(7)30(22(2)3)20-31(52-38(40)51)35-42-28(21-53-35)33(46)41-27(19-24(5)37(49)50)17-14-25-12-15-26(39)16-13-25/h12-13,15-16,21-24,27,29-32H,8-11,14,17-20,39H2,1-7H3,(H2,40,51)(H,41,46)(H,43,47)(H,49,50)/t23-,24-,27-,29+,30+,31+,32-/m0/s1. The highest BCUT2D eigenvalue weighted by atomic mass is 32.1. The Morgan fingerprint density at radius 3 is 2.34 bits per heavy atom. The van der Waals surface area contributed by atoms with E-state index in [-0.39, 0.29) is 48.2 Å². The third-order valence-electron chi connectivity index (χ3n) is 10.4. The molecule has 0 radical (unpaired) electrons. The molecule has 0 saturated carbocycles. The van der Waals surface area contributed by atoms with Crippen LogP contribution in [0.3, 0.4) is 0 Å². The van der Waals surface area contributed by atoms with Crippen molar-refractivity contribution in [3.8, 4) is 0 Å². The van der Waals surface area contributed by atoms with Crippen LogP contribution >= 0.6 is 11.3 Å². The Labute approximate surface area is 317 Å². The number of likely N-dealkylation sites (N-methyl/N-ethyl adjacent to an activating group) is 2. The van der Waals surface area contributed by atoms with Crippen LogP contribution in [0.4, 0.5) is 10.5 Å². The molecule has 0 unspecified atom stereocenters. The monoisotopic (exact) mass is 757 g/mol. The zero-order valence-electron chi connectivity index (χ0n) is 32.2. The molecule has 1 aliphatic heterocycles. The minimum absolute atomic E-state index is 0.0845. The first-order valence-electron chi connectivity index (χ1n) is 18.6. The molecule has 1 aliphatic rings. The number of rotatable bonds is 19. The van der Waals surface area contributed by atoms with Gasteiger partial charge in [-0.3, -0.25) is 24.1 Å². The normalized spacial score (nSPS) is 18.2. The molecule has 0 bridgehead atoms. The number of carboxylic acid groups (broad SMARTS) is 1. The predicted octanol–water partition coefficient (Wildman–Crippen LogP) is 4.59. The molecule has 2 aromatic rings. The molecule has 294 valence electrons. The second-order valence-electron chi connectivity index (χ2n) is 14.8. The van der Waals surface area contributed by atoms with Crippen molar-refractivity contribution in [2.24, 2.45) is 23.5 Å². The van der Waals surface area contributed by atoms with Crippen LogP contribution in [0.2, 0.25) is 0 Å². The highest BCUT2D eigenvalue weighted by Gasteiger charge is 2.37. The summed E-state index contributed by atoms with van der Waals surface area (Å²) in [5, 5.41) is 17.4. The first-order valence-corrected chi connectivity index (χ1v) is 19.5. The lowest BCUT2D eigenvalue weighted by molar-refractivity contribution is -0.141. The Morgan fingerprint density at radius 2 is 1.75 bits per heavy atom. The maximum absolute atomic E-state index is 14.2. The molecule has 0 spiro atoms. The maximum Gasteiger partial charge on any atom is 0.405 e. The summed E-state index contributed by atoms with van der Waals surface area (Å²) in [7, 11) is 3.62. The number of nitrogens with two attached hydrogens (primary N) is 2. The summed E-state index contributed by atoms with van der Waals surface area (Å²) < 4.78 is 5.55. The van der Waals surface area contributed by atoms with Crippen molar-refractivity contribution >= 4 is 46.8 Å². The number of likely N-dealkylation sites (tertiary alicyclic amines) is 1. The number of nitrogens with one attached hydrogen (secondary N) is 2. The number of aryl methyl sites for hydroxylation is 1. The zero-order chi connectivity index (χ0) is 39.4. The second-order valence-corrected chi connectivity index (χ2v) is 15.7. The van der Waals surface area contributed by atoms with Gasteiger partial charge in [-0.15, -0.1) is 11.3 Å². The largest absolute Gasteiger partial charge is 0.481 e. The number of amides is 4. The molecule has 1 aromatic heterocycles. The van der Waals surface area contributed by atoms with Gasteiger partial charge in [-0.05, 0) is 75.2 Å². The number of carboxylic acids is 1. The number of primary amides is 1. The smallest absolute Gasteiger partial charge is 0.405 e. The van der Waals surface area contributed by atoms with Crippen molar-refractivity contribution in [2.75, 3.05) is 26.4 Å². The topological polar surface area (TPSA) is 210 Å². The number of aromatic nitrogens is 1. The highest BCUT2D eigenvalue weighted by molar-refractivity contribution is 7.09. The van der Waals surface area contributed by atoms with Crippen molar-refractivity contribution in [3.05, 3.63) is 45.9 Å². The average Bonchev–Trinajstić information content (AvgIpc) is 3.61. The summed E-state index contributed by atoms with van der Waals surface area (Å²) in [5.74, 6) is -2.79. The number of hydrogen-bond donors (Lipinski definition) is 5. The van der Waals surface area contributed by atoms with Crippen molar-refractivity contribution in [3.63, 3.8) is 0 Å². The fourth-order valence-electron chi connectivity index (χ4n) is 6.76. The molecule has 14 nitrogen and oxygen atoms in total. The van der Waals surface area contributed by atoms with Gasteiger partial charge in [0.15, 0.2) is 6.10 Å². The third kappa shape index (κ3) is 12.7. The molecular formula is C38H59N7O7S. The number of nitrogen functional groups attached to an aromatic ring is 1. The van der Waals surface area contributed by atoms with Crippen molar-refractivity contribution < 1.29 is 33.8 Å². The zero-order valence-corrected chi connectivity index (χ0v) is 33.0. The molecule has 0 aliphatic carbocycles. The van der Waals surface area contributed by atoms with Gasteiger partial charge in [0.05, 0.1) is 12.0 Å². The Kier molecular flexibility index (Phi) is 16.5. The van der Waals surface area contributed by atoms with Crippen molar-refractivity contribution in [1.82, 2.24) is 25.4 Å². The minimum Gasteiger partial charge on any atom is -0.481 e. The highest BCUT2D eigenvalue weighted by Crippen LogP contribution is 2.31. The summed E-state index contributed by atoms with van der Waals surface area (Å²) in [4.78, 5) is 73.0. The van der Waals surface area contributed by atoms with E-state index < -0.39 is 48.1 Å². The van der Waals surface area contributed by atoms with E-state index in [0.29, 0.717) is 30.0 Å². The summed E-state index contributed by atoms with van der Waals surface area (Å²) in [6.45, 7) is 10.2. The Balaban J connectivity index is 1.79. The van der Waals surface area contributed by atoms with Gasteiger partial charge in [0, 0.05) is 36.6 Å². The van der Waals surface area contributed by atoms with E-state index in [9.17, 15) is 29.1 Å². The minimum atomic E-state index is -1.03. The van der Waals surface area contributed by atoms with Crippen LogP contribution in [0.15, 0.2) is 29.6 Å². The van der Waals surface area contributed by atoms with Gasteiger partial charge in [-0.25, -0.2) is 9.78 Å². The second kappa shape index (κ2) is 20.3. The third-order valence-corrected chi connectivity index (χ3v) is 11.3. The van der Waals surface area contributed by atoms with E-state index in [1.807, 2.05) is 51.8 Å². The van der Waals surface area contributed by atoms with Crippen LogP contribution in [0, 0.1) is 17.8 Å². The molecule has 15 heteroatoms. The van der Waals surface area contributed by atoms with E-state index in [4.69, 9.17) is 16.2 Å². The number of piperidine rings is 1. The fraction of sp³-hybridized carbons (Fsp3) is 0.632. The van der Waals surface area contributed by atoms with Crippen LogP contribution in [0.5, 0.6) is 0 Å². The van der Waals surface area contributed by atoms with Crippen LogP contribution in [-0.4, -0.2) is 94.5 Å². The van der Waals surface area contributed by atoms with Gasteiger partial charge in [-0.1, -0.05) is 59.6 Å². The fourth-order valence-corrected chi connectivity index (χ4v) is 7.60. The molecule has 7 N–H and O–H groups in total. The van der Waals surface area contributed by atoms with E-state index >= 15 is 0 Å². The van der Waals surface area contributed by atoms with E-state index in [2.05, 4.69) is 15.6 Å². The molecule has 4 amide bonds. The Hall–Kier alpha value is -4.24. The molecular weight excluding hydrogens is 699 g/mol. The quantitative estimate of drug-likeness (QED) is 0.126. The predicted molar refractivity (Wildman–Crippen MR) is 205 cm³/mol. The van der Waals surface area contributed by atoms with Gasteiger partial charge < -0.3 is 36.8 Å². The molecule has 53 heavy (non-hydrogen) atoms. The molecule has 2 heterocycles. The molecule has 1 saturated heterocycles. The number of anilines is 1. The van der Waals surface area contributed by atoms with Gasteiger partial charge in [0.1, 0.15) is 16.7 Å². The van der Waals surface area contributed by atoms with E-state index in [1.165, 1.54) is 0 Å². The number of thiazole rings is 1. The lowest BCUT2D eigenvalue weighted by Gasteiger charge is -2.38. The van der Waals surface area contributed by atoms with Crippen LogP contribution < -0.4 is 22.1 Å². The summed E-state index contributed by atoms with van der Waals surface area (Å²) in [5.41, 5.74) is 13.0. The lowest BCUT2D eigenvalue weighted by atomic mass is 9.92. The first kappa shape index (κ1) is 43.2. The Morgan fingerprint density at radius 1 is 1.08 bits per heavy atom. The Bertz CT molecular complexity index is 1530. The van der Waals surface area contributed by atoms with Crippen molar-refractivity contribution in [2.45, 2.75) is 116 Å². The van der Waals surface area contributed by atoms with Gasteiger partial charge in [-0.2, -0.15) is 0 Å². The van der Waals surface area contributed by atoms with E-state index in [1.54, 1.807) is 36.4 Å². The number of benzene rings is 1. The number of hydrogen-bond acceptors (Lipinski definition) is 10. The SMILES string of the molecule is CC[C@H](C)[C@H](NC(=O)[C@H]1CCCCN1C)C(=O)N(C)[C@H](C[C@@H](OC(N)=O)c1nc(C(=O)N[C@@H](CCc2ccc(N)cc2)C[C@H](C)C(=O)O)cs1)C(C)C. The van der Waals surface area contributed by atoms with Crippen LogP contribution in [-0.2, 0) is 25.5 Å². The number of carbonyl (C=O) groups is 5. The maximum atomic E-state index is 14.2. The van der Waals surface area contributed by atoms with Crippen LogP contribution in [0.25, 0.3) is 0 Å². The van der Waals surface area contributed by atoms with Gasteiger partial charge in [0.25, 0.3) is 5.91 Å². The van der Waals surface area contributed by atoms with Gasteiger partial charge >= 0.3 is 12.1 Å². The number of carbonyl (C=O) groups excluding carboxylic acids is 4. The summed E-state index contributed by atoms with van der Waals surface area (Å²) in [6, 6.07) is 5.41. The lowest BCUT2D eigenvalue weighted by Crippen LogP contribution is -2.58. The van der Waals surface area contributed by atoms with Gasteiger partial charge in [0.2, 0.25) is 11.8 Å². The number of nitrogens with zero attached hydrogens (tertiary/aromatic N) is 3. The summed E-state index contributed by atoms with van der Waals surface area (Å²) >= 11 is 1.12. The summed E-state index contributed by atoms with van der Waals surface area (Å²) in [6.07, 6.45) is 2.84. The van der Waals surface area contributed by atoms with Crippen LogP contribution in [0.1, 0.15) is 107 Å². The van der Waals surface area contributed by atoms with Crippen molar-refractivity contribution in [1.29, 1.82) is 0 Å². The molecule has 3 rings (SSSR count). The number of ether oxygens (including phenoxy) is 1.